The van der Waals surface area contributed by atoms with Gasteiger partial charge >= 0.3 is 5.97 Å². The number of hydrogen-bond acceptors (Lipinski definition) is 3. The van der Waals surface area contributed by atoms with Crippen LogP contribution in [0.2, 0.25) is 0 Å². The predicted octanol–water partition coefficient (Wildman–Crippen LogP) is 0.956. The molecule has 5 heteroatoms. The van der Waals surface area contributed by atoms with E-state index in [1.54, 1.807) is 0 Å². The second-order valence-corrected chi connectivity index (χ2v) is 6.31. The van der Waals surface area contributed by atoms with Gasteiger partial charge < -0.3 is 14.7 Å². The molecule has 21 heavy (non-hydrogen) atoms. The van der Waals surface area contributed by atoms with Gasteiger partial charge in [0.25, 0.3) is 0 Å². The Hall–Kier alpha value is -1.72. The lowest BCUT2D eigenvalue weighted by molar-refractivity contribution is -0.873. The highest BCUT2D eigenvalue weighted by Gasteiger charge is 2.36. The van der Waals surface area contributed by atoms with E-state index in [2.05, 4.69) is 0 Å². The molecule has 0 bridgehead atoms. The summed E-state index contributed by atoms with van der Waals surface area (Å²) in [4.78, 5) is 23.4. The maximum Gasteiger partial charge on any atom is 0.316 e. The van der Waals surface area contributed by atoms with Crippen LogP contribution in [0.1, 0.15) is 12.0 Å². The molecule has 1 rings (SSSR count). The Labute approximate surface area is 125 Å². The number of ketones is 1. The smallest absolute Gasteiger partial charge is 0.316 e. The summed E-state index contributed by atoms with van der Waals surface area (Å²) in [6.45, 7) is 0.216. The number of carboxylic acids is 1. The quantitative estimate of drug-likeness (QED) is 0.553. The molecule has 1 aromatic rings. The number of rotatable bonds is 8. The van der Waals surface area contributed by atoms with Crippen LogP contribution in [-0.2, 0) is 16.0 Å². The van der Waals surface area contributed by atoms with Crippen molar-refractivity contribution < 1.29 is 24.3 Å². The third-order valence-corrected chi connectivity index (χ3v) is 3.24. The minimum atomic E-state index is -1.36. The van der Waals surface area contributed by atoms with Crippen LogP contribution in [0.15, 0.2) is 30.3 Å². The Morgan fingerprint density at radius 3 is 2.19 bits per heavy atom. The molecule has 0 saturated carbocycles. The van der Waals surface area contributed by atoms with Crippen molar-refractivity contribution in [2.45, 2.75) is 18.9 Å². The second kappa shape index (κ2) is 7.33. The predicted molar refractivity (Wildman–Crippen MR) is 79.8 cm³/mol. The van der Waals surface area contributed by atoms with Crippen LogP contribution in [-0.4, -0.2) is 60.2 Å². The first kappa shape index (κ1) is 17.3. The zero-order valence-electron chi connectivity index (χ0n) is 12.8. The number of carbonyl (C=O) groups excluding carboxylic acids is 1. The van der Waals surface area contributed by atoms with Gasteiger partial charge in [0, 0.05) is 6.42 Å². The highest BCUT2D eigenvalue weighted by molar-refractivity contribution is 5.98. The summed E-state index contributed by atoms with van der Waals surface area (Å²) in [5.41, 5.74) is 0.982. The van der Waals surface area contributed by atoms with Gasteiger partial charge in [0.2, 0.25) is 0 Å². The lowest BCUT2D eigenvalue weighted by Gasteiger charge is -2.28. The van der Waals surface area contributed by atoms with E-state index in [0.29, 0.717) is 10.9 Å². The first-order valence-electron chi connectivity index (χ1n) is 6.98. The summed E-state index contributed by atoms with van der Waals surface area (Å²) < 4.78 is 0.400. The van der Waals surface area contributed by atoms with Crippen molar-refractivity contribution in [3.63, 3.8) is 0 Å². The third-order valence-electron chi connectivity index (χ3n) is 3.24. The van der Waals surface area contributed by atoms with Gasteiger partial charge in [-0.15, -0.1) is 0 Å². The highest BCUT2D eigenvalue weighted by atomic mass is 16.4. The van der Waals surface area contributed by atoms with Crippen molar-refractivity contribution in [2.75, 3.05) is 27.7 Å². The number of aliphatic hydroxyl groups is 1. The molecule has 0 aliphatic rings. The van der Waals surface area contributed by atoms with E-state index in [-0.39, 0.29) is 13.0 Å². The number of hydrogen-bond donors (Lipinski definition) is 2. The third kappa shape index (κ3) is 6.06. The molecule has 0 aliphatic heterocycles. The SMILES string of the molecule is C[N+](C)(C)CC(O)C(C(=O)O)C(=O)CCc1ccccc1. The Bertz CT molecular complexity index is 479. The first-order valence-corrected chi connectivity index (χ1v) is 6.98. The van der Waals surface area contributed by atoms with Crippen LogP contribution in [0.25, 0.3) is 0 Å². The maximum atomic E-state index is 12.1. The van der Waals surface area contributed by atoms with Crippen LogP contribution in [0, 0.1) is 5.92 Å². The minimum absolute atomic E-state index is 0.120. The van der Waals surface area contributed by atoms with E-state index in [9.17, 15) is 19.8 Å². The van der Waals surface area contributed by atoms with Crippen LogP contribution >= 0.6 is 0 Å². The number of aryl methyl sites for hydroxylation is 1. The summed E-state index contributed by atoms with van der Waals surface area (Å²) in [7, 11) is 5.53. The number of quaternary nitrogens is 1. The van der Waals surface area contributed by atoms with Crippen molar-refractivity contribution in [1.82, 2.24) is 0 Å². The highest BCUT2D eigenvalue weighted by Crippen LogP contribution is 2.14. The van der Waals surface area contributed by atoms with E-state index in [1.165, 1.54) is 0 Å². The Morgan fingerprint density at radius 2 is 1.71 bits per heavy atom. The molecule has 0 aliphatic carbocycles. The van der Waals surface area contributed by atoms with Crippen LogP contribution in [0.3, 0.4) is 0 Å². The molecule has 0 aromatic heterocycles. The molecule has 0 heterocycles. The first-order chi connectivity index (χ1) is 9.70. The van der Waals surface area contributed by atoms with Crippen molar-refractivity contribution in [1.29, 1.82) is 0 Å². The van der Waals surface area contributed by atoms with Gasteiger partial charge in [0.05, 0.1) is 21.1 Å². The average molecular weight is 294 g/mol. The van der Waals surface area contributed by atoms with Gasteiger partial charge in [-0.25, -0.2) is 0 Å². The summed E-state index contributed by atoms with van der Waals surface area (Å²) in [5, 5.41) is 19.3. The molecule has 2 N–H and O–H groups in total. The molecule has 1 aromatic carbocycles. The number of aliphatic carboxylic acids is 1. The topological polar surface area (TPSA) is 74.6 Å². The van der Waals surface area contributed by atoms with Crippen molar-refractivity contribution in [3.05, 3.63) is 35.9 Å². The van der Waals surface area contributed by atoms with Gasteiger partial charge in [-0.2, -0.15) is 0 Å². The van der Waals surface area contributed by atoms with E-state index in [0.717, 1.165) is 5.56 Å². The lowest BCUT2D eigenvalue weighted by Crippen LogP contribution is -2.48. The van der Waals surface area contributed by atoms with Crippen molar-refractivity contribution >= 4 is 11.8 Å². The number of Topliss-reactive ketones (excluding diaryl/α,β-unsaturated/α-hetero) is 1. The molecule has 0 fully saturated rings. The minimum Gasteiger partial charge on any atom is -0.481 e. The molecule has 0 amide bonds. The fourth-order valence-electron chi connectivity index (χ4n) is 2.25. The van der Waals surface area contributed by atoms with Crippen LogP contribution in [0.5, 0.6) is 0 Å². The van der Waals surface area contributed by atoms with E-state index >= 15 is 0 Å². The van der Waals surface area contributed by atoms with E-state index in [1.807, 2.05) is 51.5 Å². The summed E-state index contributed by atoms with van der Waals surface area (Å²) in [6.07, 6.45) is -0.568. The van der Waals surface area contributed by atoms with E-state index in [4.69, 9.17) is 0 Å². The van der Waals surface area contributed by atoms with Crippen molar-refractivity contribution in [3.8, 4) is 0 Å². The Morgan fingerprint density at radius 1 is 1.14 bits per heavy atom. The summed E-state index contributed by atoms with van der Waals surface area (Å²) in [5.74, 6) is -3.03. The molecule has 0 saturated heterocycles. The van der Waals surface area contributed by atoms with E-state index < -0.39 is 23.8 Å². The molecule has 5 nitrogen and oxygen atoms in total. The standard InChI is InChI=1S/C16H23NO4/c1-17(2,3)11-14(19)15(16(20)21)13(18)10-9-12-7-5-4-6-8-12/h4-8,14-15,19H,9-11H2,1-3H3/p+1. The fourth-order valence-corrected chi connectivity index (χ4v) is 2.25. The number of aliphatic hydroxyl groups excluding tert-OH is 1. The Kier molecular flexibility index (Phi) is 6.05. The summed E-state index contributed by atoms with van der Waals surface area (Å²) in [6, 6.07) is 9.42. The molecule has 0 radical (unpaired) electrons. The molecular formula is C16H24NO4+. The van der Waals surface area contributed by atoms with Gasteiger partial charge in [-0.3, -0.25) is 9.59 Å². The Balaban J connectivity index is 2.67. The fraction of sp³-hybridized carbons (Fsp3) is 0.500. The molecule has 0 spiro atoms. The largest absolute Gasteiger partial charge is 0.481 e. The van der Waals surface area contributed by atoms with Gasteiger partial charge in [-0.05, 0) is 12.0 Å². The molecule has 116 valence electrons. The zero-order chi connectivity index (χ0) is 16.0. The van der Waals surface area contributed by atoms with Gasteiger partial charge in [0.1, 0.15) is 24.3 Å². The second-order valence-electron chi connectivity index (χ2n) is 6.31. The average Bonchev–Trinajstić information content (AvgIpc) is 2.35. The maximum absolute atomic E-state index is 12.1. The number of likely N-dealkylation sites (N-methyl/N-ethyl adjacent to an activating group) is 1. The number of carboxylic acid groups (broad SMARTS) is 1. The number of nitrogens with zero attached hydrogens (tertiary/aromatic N) is 1. The molecular weight excluding hydrogens is 270 g/mol. The van der Waals surface area contributed by atoms with Gasteiger partial charge in [-0.1, -0.05) is 30.3 Å². The number of benzene rings is 1. The molecule has 2 unspecified atom stereocenters. The monoisotopic (exact) mass is 294 g/mol. The summed E-state index contributed by atoms with van der Waals surface area (Å²) >= 11 is 0. The normalized spacial score (nSPS) is 14.5. The zero-order valence-corrected chi connectivity index (χ0v) is 12.8. The van der Waals surface area contributed by atoms with Crippen LogP contribution in [0.4, 0.5) is 0 Å². The van der Waals surface area contributed by atoms with Gasteiger partial charge in [0.15, 0.2) is 0 Å². The van der Waals surface area contributed by atoms with Crippen molar-refractivity contribution in [2.24, 2.45) is 5.92 Å². The lowest BCUT2D eigenvalue weighted by atomic mass is 9.92. The van der Waals surface area contributed by atoms with Crippen LogP contribution < -0.4 is 0 Å². The molecule has 2 atom stereocenters. The number of carbonyl (C=O) groups is 2.